The average Bonchev–Trinajstić information content (AvgIpc) is 3.24. The van der Waals surface area contributed by atoms with Crippen molar-refractivity contribution in [3.05, 3.63) is 57.1 Å². The number of nitrogens with zero attached hydrogens (tertiary/aromatic N) is 1. The second-order valence-electron chi connectivity index (χ2n) is 5.29. The van der Waals surface area contributed by atoms with Gasteiger partial charge in [-0.2, -0.15) is 0 Å². The number of carbonyl (C=O) groups excluding carboxylic acids is 2. The Hall–Kier alpha value is -2.58. The minimum Gasteiger partial charge on any atom is -0.462 e. The smallest absolute Gasteiger partial charge is 0.341 e. The Balaban J connectivity index is 2.06. The molecule has 0 aliphatic carbocycles. The first kappa shape index (κ1) is 18.2. The summed E-state index contributed by atoms with van der Waals surface area (Å²) < 4.78 is 18.4. The van der Waals surface area contributed by atoms with E-state index in [1.54, 1.807) is 29.9 Å². The number of anilines is 1. The van der Waals surface area contributed by atoms with E-state index in [-0.39, 0.29) is 23.7 Å². The summed E-state index contributed by atoms with van der Waals surface area (Å²) in [5.74, 6) is -1.30. The Bertz CT molecular complexity index is 934. The standard InChI is InChI=1S/C18H15FN2O3S2/c1-3-24-18(23)15-14(11-4-6-12(19)7-5-11)10(2)26-17(15)21-16(22)13-8-25-9-20-13/h4-9H,3H2,1-2H3,(H,21,22). The van der Waals surface area contributed by atoms with Crippen molar-refractivity contribution < 1.29 is 18.7 Å². The first-order valence-corrected chi connectivity index (χ1v) is 9.53. The van der Waals surface area contributed by atoms with E-state index in [4.69, 9.17) is 4.74 Å². The van der Waals surface area contributed by atoms with Crippen molar-refractivity contribution in [1.82, 2.24) is 4.98 Å². The predicted molar refractivity (Wildman–Crippen MR) is 100 cm³/mol. The number of thiophene rings is 1. The van der Waals surface area contributed by atoms with Crippen LogP contribution in [0.1, 0.15) is 32.6 Å². The van der Waals surface area contributed by atoms with Gasteiger partial charge in [0.2, 0.25) is 0 Å². The number of esters is 1. The zero-order valence-corrected chi connectivity index (χ0v) is 15.7. The van der Waals surface area contributed by atoms with Crippen molar-refractivity contribution in [3.63, 3.8) is 0 Å². The third-order valence-electron chi connectivity index (χ3n) is 3.59. The highest BCUT2D eigenvalue weighted by Gasteiger charge is 2.26. The minimum absolute atomic E-state index is 0.204. The third-order valence-corrected chi connectivity index (χ3v) is 5.20. The van der Waals surface area contributed by atoms with E-state index in [0.717, 1.165) is 4.88 Å². The molecule has 1 aromatic carbocycles. The van der Waals surface area contributed by atoms with Crippen LogP contribution < -0.4 is 5.32 Å². The highest BCUT2D eigenvalue weighted by Crippen LogP contribution is 2.40. The summed E-state index contributed by atoms with van der Waals surface area (Å²) >= 11 is 2.58. The van der Waals surface area contributed by atoms with Gasteiger partial charge in [0.15, 0.2) is 0 Å². The molecule has 0 unspecified atom stereocenters. The highest BCUT2D eigenvalue weighted by molar-refractivity contribution is 7.17. The van der Waals surface area contributed by atoms with Gasteiger partial charge in [0.25, 0.3) is 5.91 Å². The molecule has 3 rings (SSSR count). The molecule has 0 bridgehead atoms. The van der Waals surface area contributed by atoms with E-state index < -0.39 is 11.9 Å². The molecular weight excluding hydrogens is 375 g/mol. The summed E-state index contributed by atoms with van der Waals surface area (Å²) in [5, 5.41) is 4.76. The van der Waals surface area contributed by atoms with Gasteiger partial charge in [0, 0.05) is 15.8 Å². The van der Waals surface area contributed by atoms with Gasteiger partial charge in [-0.15, -0.1) is 22.7 Å². The lowest BCUT2D eigenvalue weighted by molar-refractivity contribution is 0.0529. The number of amides is 1. The summed E-state index contributed by atoms with van der Waals surface area (Å²) in [5.41, 5.74) is 3.41. The lowest BCUT2D eigenvalue weighted by Crippen LogP contribution is -2.15. The molecule has 0 spiro atoms. The van der Waals surface area contributed by atoms with Gasteiger partial charge in [0.1, 0.15) is 22.1 Å². The molecule has 0 saturated carbocycles. The maximum absolute atomic E-state index is 13.3. The largest absolute Gasteiger partial charge is 0.462 e. The average molecular weight is 390 g/mol. The summed E-state index contributed by atoms with van der Waals surface area (Å²) in [4.78, 5) is 29.7. The molecule has 0 fully saturated rings. The van der Waals surface area contributed by atoms with Gasteiger partial charge in [-0.1, -0.05) is 12.1 Å². The molecule has 2 aromatic heterocycles. The third kappa shape index (κ3) is 3.66. The van der Waals surface area contributed by atoms with E-state index in [9.17, 15) is 14.0 Å². The number of thiazole rings is 1. The number of carbonyl (C=O) groups is 2. The van der Waals surface area contributed by atoms with Crippen molar-refractivity contribution in [2.45, 2.75) is 13.8 Å². The number of rotatable bonds is 5. The van der Waals surface area contributed by atoms with Crippen LogP contribution >= 0.6 is 22.7 Å². The van der Waals surface area contributed by atoms with Gasteiger partial charge in [0.05, 0.1) is 12.1 Å². The van der Waals surface area contributed by atoms with Crippen LogP contribution in [-0.2, 0) is 4.74 Å². The van der Waals surface area contributed by atoms with Crippen molar-refractivity contribution in [2.75, 3.05) is 11.9 Å². The number of aryl methyl sites for hydroxylation is 1. The topological polar surface area (TPSA) is 68.3 Å². The maximum atomic E-state index is 13.3. The van der Waals surface area contributed by atoms with Gasteiger partial charge in [-0.3, -0.25) is 4.79 Å². The number of ether oxygens (including phenoxy) is 1. The lowest BCUT2D eigenvalue weighted by Gasteiger charge is -2.08. The molecule has 3 aromatic rings. The highest BCUT2D eigenvalue weighted by atomic mass is 32.1. The maximum Gasteiger partial charge on any atom is 0.341 e. The van der Waals surface area contributed by atoms with E-state index >= 15 is 0 Å². The molecule has 2 heterocycles. The summed E-state index contributed by atoms with van der Waals surface area (Å²) in [6.07, 6.45) is 0. The molecular formula is C18H15FN2O3S2. The molecule has 0 radical (unpaired) electrons. The Labute approximate surface area is 157 Å². The zero-order chi connectivity index (χ0) is 18.7. The Morgan fingerprint density at radius 3 is 2.62 bits per heavy atom. The molecule has 5 nitrogen and oxygen atoms in total. The fourth-order valence-electron chi connectivity index (χ4n) is 2.49. The fourth-order valence-corrected chi connectivity index (χ4v) is 4.08. The van der Waals surface area contributed by atoms with E-state index in [2.05, 4.69) is 10.3 Å². The fraction of sp³-hybridized carbons (Fsp3) is 0.167. The quantitative estimate of drug-likeness (QED) is 0.639. The van der Waals surface area contributed by atoms with Crippen LogP contribution in [0.15, 0.2) is 35.2 Å². The van der Waals surface area contributed by atoms with E-state index in [1.165, 1.54) is 34.8 Å². The number of halogens is 1. The number of hydrogen-bond acceptors (Lipinski definition) is 6. The molecule has 1 amide bonds. The van der Waals surface area contributed by atoms with Crippen LogP contribution in [0.25, 0.3) is 11.1 Å². The molecule has 0 saturated heterocycles. The van der Waals surface area contributed by atoms with Gasteiger partial charge >= 0.3 is 5.97 Å². The monoisotopic (exact) mass is 390 g/mol. The van der Waals surface area contributed by atoms with E-state index in [1.807, 2.05) is 6.92 Å². The summed E-state index contributed by atoms with van der Waals surface area (Å²) in [7, 11) is 0. The van der Waals surface area contributed by atoms with E-state index in [0.29, 0.717) is 16.1 Å². The van der Waals surface area contributed by atoms with Crippen LogP contribution in [0.3, 0.4) is 0 Å². The molecule has 0 aliphatic rings. The first-order valence-electron chi connectivity index (χ1n) is 7.77. The number of nitrogens with one attached hydrogen (secondary N) is 1. The minimum atomic E-state index is -0.537. The Kier molecular flexibility index (Phi) is 5.43. The van der Waals surface area contributed by atoms with Crippen molar-refractivity contribution >= 4 is 39.6 Å². The summed E-state index contributed by atoms with van der Waals surface area (Å²) in [6.45, 7) is 3.75. The van der Waals surface area contributed by atoms with Crippen LogP contribution in [0.5, 0.6) is 0 Å². The molecule has 26 heavy (non-hydrogen) atoms. The van der Waals surface area contributed by atoms with Crippen molar-refractivity contribution in [1.29, 1.82) is 0 Å². The van der Waals surface area contributed by atoms with Crippen LogP contribution in [0.4, 0.5) is 9.39 Å². The molecule has 1 N–H and O–H groups in total. The molecule has 0 atom stereocenters. The molecule has 134 valence electrons. The van der Waals surface area contributed by atoms with Crippen LogP contribution in [0, 0.1) is 12.7 Å². The van der Waals surface area contributed by atoms with Crippen molar-refractivity contribution in [3.8, 4) is 11.1 Å². The Morgan fingerprint density at radius 2 is 2.00 bits per heavy atom. The van der Waals surface area contributed by atoms with Crippen LogP contribution in [0.2, 0.25) is 0 Å². The van der Waals surface area contributed by atoms with Gasteiger partial charge < -0.3 is 10.1 Å². The van der Waals surface area contributed by atoms with Gasteiger partial charge in [-0.25, -0.2) is 14.2 Å². The molecule has 0 aliphatic heterocycles. The SMILES string of the molecule is CCOC(=O)c1c(NC(=O)c2cscn2)sc(C)c1-c1ccc(F)cc1. The van der Waals surface area contributed by atoms with Gasteiger partial charge in [-0.05, 0) is 31.5 Å². The normalized spacial score (nSPS) is 10.6. The second-order valence-corrected chi connectivity index (χ2v) is 7.24. The van der Waals surface area contributed by atoms with Crippen molar-refractivity contribution in [2.24, 2.45) is 0 Å². The predicted octanol–water partition coefficient (Wildman–Crippen LogP) is 4.75. The summed E-state index contributed by atoms with van der Waals surface area (Å²) in [6, 6.07) is 5.85. The number of benzene rings is 1. The lowest BCUT2D eigenvalue weighted by atomic mass is 10.0. The molecule has 8 heteroatoms. The Morgan fingerprint density at radius 1 is 1.27 bits per heavy atom. The number of aromatic nitrogens is 1. The zero-order valence-electron chi connectivity index (χ0n) is 14.0. The van der Waals surface area contributed by atoms with Crippen LogP contribution in [-0.4, -0.2) is 23.5 Å². The first-order chi connectivity index (χ1) is 12.5. The second kappa shape index (κ2) is 7.76. The number of hydrogen-bond donors (Lipinski definition) is 1.